The number of hydrogen-bond donors (Lipinski definition) is 0. The van der Waals surface area contributed by atoms with Gasteiger partial charge in [0.2, 0.25) is 5.91 Å². The summed E-state index contributed by atoms with van der Waals surface area (Å²) in [4.78, 5) is 13.2. The molecule has 100 valence electrons. The van der Waals surface area contributed by atoms with E-state index >= 15 is 0 Å². The molecule has 0 saturated carbocycles. The van der Waals surface area contributed by atoms with E-state index in [1.54, 1.807) is 25.0 Å². The van der Waals surface area contributed by atoms with Gasteiger partial charge in [-0.25, -0.2) is 0 Å². The molecular formula is C13H13BrClN3O. The lowest BCUT2D eigenvalue weighted by Gasteiger charge is -2.09. The highest BCUT2D eigenvalue weighted by Gasteiger charge is 2.12. The maximum atomic E-state index is 11.6. The molecule has 0 fully saturated rings. The van der Waals surface area contributed by atoms with Crippen molar-refractivity contribution in [2.24, 2.45) is 0 Å². The molecule has 2 rings (SSSR count). The van der Waals surface area contributed by atoms with Gasteiger partial charge in [-0.1, -0.05) is 39.7 Å². The Morgan fingerprint density at radius 3 is 2.58 bits per heavy atom. The maximum absolute atomic E-state index is 11.6. The summed E-state index contributed by atoms with van der Waals surface area (Å²) in [6.45, 7) is 0.184. The summed E-state index contributed by atoms with van der Waals surface area (Å²) in [5.74, 6) is -0.0264. The zero-order valence-electron chi connectivity index (χ0n) is 10.6. The quantitative estimate of drug-likeness (QED) is 0.860. The molecule has 2 aromatic rings. The van der Waals surface area contributed by atoms with Crippen molar-refractivity contribution >= 4 is 33.4 Å². The summed E-state index contributed by atoms with van der Waals surface area (Å²) < 4.78 is 2.56. The Bertz CT molecular complexity index is 592. The fraction of sp³-hybridized carbons (Fsp3) is 0.231. The van der Waals surface area contributed by atoms with Gasteiger partial charge >= 0.3 is 0 Å². The standard InChI is InChI=1S/C13H13BrClN3O/c1-17(2)12(19)8-18-7-11(13(15)16-18)9-3-5-10(14)6-4-9/h3-7H,8H2,1-2H3. The van der Waals surface area contributed by atoms with Gasteiger partial charge in [-0.05, 0) is 17.7 Å². The van der Waals surface area contributed by atoms with Crippen LogP contribution in [0, 0.1) is 0 Å². The fourth-order valence-corrected chi connectivity index (χ4v) is 2.10. The van der Waals surface area contributed by atoms with Crippen molar-refractivity contribution in [3.63, 3.8) is 0 Å². The normalized spacial score (nSPS) is 10.5. The molecule has 6 heteroatoms. The molecule has 0 saturated heterocycles. The van der Waals surface area contributed by atoms with Crippen molar-refractivity contribution in [3.05, 3.63) is 40.1 Å². The number of likely N-dealkylation sites (N-methyl/N-ethyl adjacent to an activating group) is 1. The van der Waals surface area contributed by atoms with Crippen LogP contribution >= 0.6 is 27.5 Å². The number of carbonyl (C=O) groups excluding carboxylic acids is 1. The van der Waals surface area contributed by atoms with Gasteiger partial charge < -0.3 is 4.90 Å². The molecular weight excluding hydrogens is 330 g/mol. The van der Waals surface area contributed by atoms with Crippen molar-refractivity contribution in [2.45, 2.75) is 6.54 Å². The molecule has 0 aliphatic heterocycles. The van der Waals surface area contributed by atoms with Gasteiger partial charge in [-0.3, -0.25) is 9.48 Å². The topological polar surface area (TPSA) is 38.1 Å². The predicted octanol–water partition coefficient (Wildman–Crippen LogP) is 3.05. The van der Waals surface area contributed by atoms with Crippen LogP contribution in [-0.4, -0.2) is 34.7 Å². The smallest absolute Gasteiger partial charge is 0.243 e. The molecule has 1 aromatic carbocycles. The van der Waals surface area contributed by atoms with E-state index in [1.807, 2.05) is 24.3 Å². The first kappa shape index (κ1) is 14.1. The third kappa shape index (κ3) is 3.36. The van der Waals surface area contributed by atoms with Crippen LogP contribution in [0.1, 0.15) is 0 Å². The van der Waals surface area contributed by atoms with Crippen LogP contribution < -0.4 is 0 Å². The number of aromatic nitrogens is 2. The van der Waals surface area contributed by atoms with E-state index in [4.69, 9.17) is 11.6 Å². The third-order valence-electron chi connectivity index (χ3n) is 2.67. The molecule has 0 atom stereocenters. The van der Waals surface area contributed by atoms with Crippen LogP contribution in [-0.2, 0) is 11.3 Å². The van der Waals surface area contributed by atoms with Gasteiger partial charge in [-0.2, -0.15) is 5.10 Å². The van der Waals surface area contributed by atoms with E-state index in [0.29, 0.717) is 5.15 Å². The zero-order valence-corrected chi connectivity index (χ0v) is 12.9. The molecule has 0 aliphatic rings. The fourth-order valence-electron chi connectivity index (χ4n) is 1.58. The molecule has 0 bridgehead atoms. The summed E-state index contributed by atoms with van der Waals surface area (Å²) in [5.41, 5.74) is 1.79. The molecule has 1 aromatic heterocycles. The summed E-state index contributed by atoms with van der Waals surface area (Å²) >= 11 is 9.50. The minimum Gasteiger partial charge on any atom is -0.347 e. The number of carbonyl (C=O) groups is 1. The van der Waals surface area contributed by atoms with Gasteiger partial charge in [-0.15, -0.1) is 0 Å². The third-order valence-corrected chi connectivity index (χ3v) is 3.48. The minimum atomic E-state index is -0.0264. The van der Waals surface area contributed by atoms with E-state index in [0.717, 1.165) is 15.6 Å². The largest absolute Gasteiger partial charge is 0.347 e. The van der Waals surface area contributed by atoms with Gasteiger partial charge in [0.15, 0.2) is 5.15 Å². The number of rotatable bonds is 3. The summed E-state index contributed by atoms with van der Waals surface area (Å²) in [5, 5.41) is 4.55. The SMILES string of the molecule is CN(C)C(=O)Cn1cc(-c2ccc(Br)cc2)c(Cl)n1. The van der Waals surface area contributed by atoms with Crippen LogP contribution in [0.25, 0.3) is 11.1 Å². The summed E-state index contributed by atoms with van der Waals surface area (Å²) in [6, 6.07) is 7.78. The average molecular weight is 343 g/mol. The van der Waals surface area contributed by atoms with Gasteiger partial charge in [0.05, 0.1) is 0 Å². The summed E-state index contributed by atoms with van der Waals surface area (Å²) in [7, 11) is 3.42. The highest BCUT2D eigenvalue weighted by Crippen LogP contribution is 2.27. The van der Waals surface area contributed by atoms with Crippen LogP contribution in [0.4, 0.5) is 0 Å². The first-order valence-electron chi connectivity index (χ1n) is 5.66. The highest BCUT2D eigenvalue weighted by molar-refractivity contribution is 9.10. The Morgan fingerprint density at radius 2 is 2.00 bits per heavy atom. The molecule has 0 unspecified atom stereocenters. The van der Waals surface area contributed by atoms with E-state index in [2.05, 4.69) is 21.0 Å². The Hall–Kier alpha value is -1.33. The predicted molar refractivity (Wildman–Crippen MR) is 79.1 cm³/mol. The van der Waals surface area contributed by atoms with Crippen LogP contribution in [0.3, 0.4) is 0 Å². The van der Waals surface area contributed by atoms with E-state index in [1.165, 1.54) is 4.90 Å². The first-order valence-corrected chi connectivity index (χ1v) is 6.83. The van der Waals surface area contributed by atoms with Crippen molar-refractivity contribution in [2.75, 3.05) is 14.1 Å². The maximum Gasteiger partial charge on any atom is 0.243 e. The number of halogens is 2. The second-order valence-corrected chi connectivity index (χ2v) is 5.60. The molecule has 0 N–H and O–H groups in total. The first-order chi connectivity index (χ1) is 8.97. The lowest BCUT2D eigenvalue weighted by molar-refractivity contribution is -0.129. The molecule has 0 aliphatic carbocycles. The second-order valence-electron chi connectivity index (χ2n) is 4.33. The van der Waals surface area contributed by atoms with E-state index in [9.17, 15) is 4.79 Å². The lowest BCUT2D eigenvalue weighted by atomic mass is 10.1. The van der Waals surface area contributed by atoms with E-state index in [-0.39, 0.29) is 12.5 Å². The Kier molecular flexibility index (Phi) is 4.27. The van der Waals surface area contributed by atoms with Gasteiger partial charge in [0.25, 0.3) is 0 Å². The Morgan fingerprint density at radius 1 is 1.37 bits per heavy atom. The highest BCUT2D eigenvalue weighted by atomic mass is 79.9. The summed E-state index contributed by atoms with van der Waals surface area (Å²) in [6.07, 6.45) is 1.78. The monoisotopic (exact) mass is 341 g/mol. The number of benzene rings is 1. The molecule has 0 radical (unpaired) electrons. The molecule has 4 nitrogen and oxygen atoms in total. The number of nitrogens with zero attached hydrogens (tertiary/aromatic N) is 3. The van der Waals surface area contributed by atoms with Gasteiger partial charge in [0.1, 0.15) is 6.54 Å². The Labute approximate surface area is 125 Å². The number of amides is 1. The lowest BCUT2D eigenvalue weighted by Crippen LogP contribution is -2.26. The molecule has 0 spiro atoms. The average Bonchev–Trinajstić information content (AvgIpc) is 2.71. The van der Waals surface area contributed by atoms with Crippen molar-refractivity contribution < 1.29 is 4.79 Å². The minimum absolute atomic E-state index is 0.0264. The van der Waals surface area contributed by atoms with Gasteiger partial charge in [0, 0.05) is 30.3 Å². The van der Waals surface area contributed by atoms with Crippen molar-refractivity contribution in [3.8, 4) is 11.1 Å². The van der Waals surface area contributed by atoms with E-state index < -0.39 is 0 Å². The van der Waals surface area contributed by atoms with Crippen LogP contribution in [0.15, 0.2) is 34.9 Å². The zero-order chi connectivity index (χ0) is 14.0. The van der Waals surface area contributed by atoms with Crippen LogP contribution in [0.2, 0.25) is 5.15 Å². The number of hydrogen-bond acceptors (Lipinski definition) is 2. The molecule has 1 heterocycles. The molecule has 19 heavy (non-hydrogen) atoms. The molecule has 1 amide bonds. The second kappa shape index (κ2) is 5.75. The van der Waals surface area contributed by atoms with Crippen molar-refractivity contribution in [1.82, 2.24) is 14.7 Å². The van der Waals surface area contributed by atoms with Crippen molar-refractivity contribution in [1.29, 1.82) is 0 Å². The Balaban J connectivity index is 2.26. The van der Waals surface area contributed by atoms with Crippen LogP contribution in [0.5, 0.6) is 0 Å².